The lowest BCUT2D eigenvalue weighted by Gasteiger charge is -2.17. The molecule has 0 aliphatic rings. The zero-order valence-electron chi connectivity index (χ0n) is 14.2. The van der Waals surface area contributed by atoms with Crippen LogP contribution in [0.3, 0.4) is 0 Å². The fourth-order valence-electron chi connectivity index (χ4n) is 2.62. The smallest absolute Gasteiger partial charge is 0.265 e. The van der Waals surface area contributed by atoms with Crippen molar-refractivity contribution >= 4 is 28.8 Å². The molecular formula is C20H19ClN2OS. The van der Waals surface area contributed by atoms with Gasteiger partial charge in [0.25, 0.3) is 5.91 Å². The zero-order chi connectivity index (χ0) is 17.8. The molecule has 0 saturated heterocycles. The summed E-state index contributed by atoms with van der Waals surface area (Å²) in [5.74, 6) is -0.0192. The van der Waals surface area contributed by atoms with Crippen molar-refractivity contribution in [1.29, 1.82) is 0 Å². The van der Waals surface area contributed by atoms with Gasteiger partial charge >= 0.3 is 0 Å². The van der Waals surface area contributed by atoms with Crippen molar-refractivity contribution in [2.24, 2.45) is 0 Å². The molecule has 1 aromatic heterocycles. The summed E-state index contributed by atoms with van der Waals surface area (Å²) in [4.78, 5) is 19.8. The molecule has 0 saturated carbocycles. The van der Waals surface area contributed by atoms with Crippen LogP contribution >= 0.6 is 22.9 Å². The molecule has 128 valence electrons. The third-order valence-corrected chi connectivity index (χ3v) is 5.46. The SMILES string of the molecule is Cc1nc(Cc2ccccc2)sc1C(=O)N(C)Cc1ccccc1Cl. The number of nitrogens with zero attached hydrogens (tertiary/aromatic N) is 2. The fraction of sp³-hybridized carbons (Fsp3) is 0.200. The molecule has 0 aliphatic carbocycles. The summed E-state index contributed by atoms with van der Waals surface area (Å²) in [5.41, 5.74) is 2.92. The standard InChI is InChI=1S/C20H19ClN2OS/c1-14-19(25-18(22-14)12-15-8-4-3-5-9-15)20(24)23(2)13-16-10-6-7-11-17(16)21/h3-11H,12-13H2,1-2H3. The Labute approximate surface area is 156 Å². The molecule has 0 unspecified atom stereocenters. The number of halogens is 1. The number of amides is 1. The molecular weight excluding hydrogens is 352 g/mol. The topological polar surface area (TPSA) is 33.2 Å². The van der Waals surface area contributed by atoms with E-state index in [1.165, 1.54) is 16.9 Å². The van der Waals surface area contributed by atoms with E-state index in [9.17, 15) is 4.79 Å². The van der Waals surface area contributed by atoms with E-state index in [0.29, 0.717) is 16.4 Å². The van der Waals surface area contributed by atoms with Crippen LogP contribution in [0.15, 0.2) is 54.6 Å². The minimum absolute atomic E-state index is 0.0192. The third kappa shape index (κ3) is 4.27. The predicted molar refractivity (Wildman–Crippen MR) is 103 cm³/mol. The number of carbonyl (C=O) groups excluding carboxylic acids is 1. The second kappa shape index (κ2) is 7.81. The Hall–Kier alpha value is -2.17. The van der Waals surface area contributed by atoms with Crippen LogP contribution in [0, 0.1) is 6.92 Å². The summed E-state index contributed by atoms with van der Waals surface area (Å²) < 4.78 is 0. The number of benzene rings is 2. The number of hydrogen-bond donors (Lipinski definition) is 0. The highest BCUT2D eigenvalue weighted by Gasteiger charge is 2.19. The molecule has 1 heterocycles. The Morgan fingerprint density at radius 1 is 1.12 bits per heavy atom. The highest BCUT2D eigenvalue weighted by Crippen LogP contribution is 2.24. The van der Waals surface area contributed by atoms with Gasteiger partial charge in [-0.3, -0.25) is 4.79 Å². The molecule has 3 nitrogen and oxygen atoms in total. The molecule has 0 N–H and O–H groups in total. The zero-order valence-corrected chi connectivity index (χ0v) is 15.8. The highest BCUT2D eigenvalue weighted by atomic mass is 35.5. The van der Waals surface area contributed by atoms with Crippen molar-refractivity contribution in [3.8, 4) is 0 Å². The monoisotopic (exact) mass is 370 g/mol. The Bertz CT molecular complexity index is 876. The quantitative estimate of drug-likeness (QED) is 0.635. The number of rotatable bonds is 5. The molecule has 25 heavy (non-hydrogen) atoms. The van der Waals surface area contributed by atoms with E-state index in [-0.39, 0.29) is 5.91 Å². The van der Waals surface area contributed by atoms with Crippen LogP contribution in [0.25, 0.3) is 0 Å². The van der Waals surface area contributed by atoms with Gasteiger partial charge in [-0.05, 0) is 24.1 Å². The molecule has 5 heteroatoms. The number of aryl methyl sites for hydroxylation is 1. The number of thiazole rings is 1. The van der Waals surface area contributed by atoms with E-state index >= 15 is 0 Å². The Morgan fingerprint density at radius 2 is 1.80 bits per heavy atom. The van der Waals surface area contributed by atoms with Gasteiger partial charge < -0.3 is 4.90 Å². The van der Waals surface area contributed by atoms with Crippen LogP contribution in [0.4, 0.5) is 0 Å². The molecule has 0 atom stereocenters. The van der Waals surface area contributed by atoms with E-state index in [4.69, 9.17) is 11.6 Å². The van der Waals surface area contributed by atoms with Gasteiger partial charge in [-0.1, -0.05) is 60.1 Å². The van der Waals surface area contributed by atoms with Crippen LogP contribution in [-0.2, 0) is 13.0 Å². The average molecular weight is 371 g/mol. The largest absolute Gasteiger partial charge is 0.337 e. The Balaban J connectivity index is 1.74. The van der Waals surface area contributed by atoms with Crippen LogP contribution in [0.5, 0.6) is 0 Å². The van der Waals surface area contributed by atoms with Crippen molar-refractivity contribution in [3.05, 3.63) is 86.3 Å². The van der Waals surface area contributed by atoms with Crippen molar-refractivity contribution in [1.82, 2.24) is 9.88 Å². The van der Waals surface area contributed by atoms with Gasteiger partial charge in [-0.25, -0.2) is 4.98 Å². The first-order chi connectivity index (χ1) is 12.0. The van der Waals surface area contributed by atoms with Gasteiger partial charge in [-0.2, -0.15) is 0 Å². The molecule has 0 bridgehead atoms. The van der Waals surface area contributed by atoms with Crippen LogP contribution in [0.1, 0.15) is 31.5 Å². The lowest BCUT2D eigenvalue weighted by Crippen LogP contribution is -2.26. The van der Waals surface area contributed by atoms with E-state index in [1.54, 1.807) is 11.9 Å². The summed E-state index contributed by atoms with van der Waals surface area (Å²) in [6.45, 7) is 2.37. The fourth-order valence-corrected chi connectivity index (χ4v) is 3.91. The van der Waals surface area contributed by atoms with Crippen molar-refractivity contribution in [3.63, 3.8) is 0 Å². The molecule has 0 aliphatic heterocycles. The lowest BCUT2D eigenvalue weighted by atomic mass is 10.2. The van der Waals surface area contributed by atoms with Gasteiger partial charge in [0.15, 0.2) is 0 Å². The van der Waals surface area contributed by atoms with E-state index in [2.05, 4.69) is 17.1 Å². The molecule has 0 fully saturated rings. The van der Waals surface area contributed by atoms with Crippen molar-refractivity contribution in [2.75, 3.05) is 7.05 Å². The summed E-state index contributed by atoms with van der Waals surface area (Å²) >= 11 is 7.67. The van der Waals surface area contributed by atoms with E-state index in [0.717, 1.165) is 22.7 Å². The van der Waals surface area contributed by atoms with Crippen LogP contribution < -0.4 is 0 Å². The second-order valence-corrected chi connectivity index (χ2v) is 7.43. The molecule has 3 aromatic rings. The van der Waals surface area contributed by atoms with Gasteiger partial charge in [0, 0.05) is 25.0 Å². The summed E-state index contributed by atoms with van der Waals surface area (Å²) in [6, 6.07) is 17.8. The van der Waals surface area contributed by atoms with E-state index < -0.39 is 0 Å². The first kappa shape index (κ1) is 17.6. The van der Waals surface area contributed by atoms with Gasteiger partial charge in [-0.15, -0.1) is 11.3 Å². The molecule has 2 aromatic carbocycles. The Kier molecular flexibility index (Phi) is 5.51. The van der Waals surface area contributed by atoms with Gasteiger partial charge in [0.1, 0.15) is 4.88 Å². The molecule has 3 rings (SSSR count). The summed E-state index contributed by atoms with van der Waals surface area (Å²) in [7, 11) is 1.79. The lowest BCUT2D eigenvalue weighted by molar-refractivity contribution is 0.0789. The van der Waals surface area contributed by atoms with Gasteiger partial charge in [0.05, 0.1) is 10.7 Å². The number of carbonyl (C=O) groups is 1. The van der Waals surface area contributed by atoms with E-state index in [1.807, 2.05) is 49.4 Å². The first-order valence-corrected chi connectivity index (χ1v) is 9.23. The normalized spacial score (nSPS) is 10.7. The van der Waals surface area contributed by atoms with Crippen molar-refractivity contribution in [2.45, 2.75) is 19.9 Å². The summed E-state index contributed by atoms with van der Waals surface area (Å²) in [5, 5.41) is 1.63. The number of hydrogen-bond acceptors (Lipinski definition) is 3. The first-order valence-electron chi connectivity index (χ1n) is 8.03. The molecule has 0 radical (unpaired) electrons. The minimum atomic E-state index is -0.0192. The average Bonchev–Trinajstić information content (AvgIpc) is 2.97. The minimum Gasteiger partial charge on any atom is -0.337 e. The predicted octanol–water partition coefficient (Wildman–Crippen LogP) is 4.97. The molecule has 1 amide bonds. The van der Waals surface area contributed by atoms with Crippen LogP contribution in [-0.4, -0.2) is 22.8 Å². The highest BCUT2D eigenvalue weighted by molar-refractivity contribution is 7.13. The maximum Gasteiger partial charge on any atom is 0.265 e. The maximum atomic E-state index is 12.8. The summed E-state index contributed by atoms with van der Waals surface area (Å²) in [6.07, 6.45) is 0.744. The second-order valence-electron chi connectivity index (χ2n) is 5.94. The van der Waals surface area contributed by atoms with Gasteiger partial charge in [0.2, 0.25) is 0 Å². The van der Waals surface area contributed by atoms with Crippen molar-refractivity contribution < 1.29 is 4.79 Å². The third-order valence-electron chi connectivity index (χ3n) is 3.95. The van der Waals surface area contributed by atoms with Crippen LogP contribution in [0.2, 0.25) is 5.02 Å². The molecule has 0 spiro atoms. The maximum absolute atomic E-state index is 12.8. The Morgan fingerprint density at radius 3 is 2.52 bits per heavy atom. The number of aromatic nitrogens is 1.